The Morgan fingerprint density at radius 1 is 0.789 bits per heavy atom. The molecule has 38 heavy (non-hydrogen) atoms. The van der Waals surface area contributed by atoms with E-state index in [4.69, 9.17) is 18.9 Å². The average molecular weight is 516 g/mol. The molecular formula is C30H30FN3O4. The van der Waals surface area contributed by atoms with Crippen LogP contribution in [0.25, 0.3) is 11.4 Å². The van der Waals surface area contributed by atoms with E-state index in [-0.39, 0.29) is 13.6 Å². The number of imidazole rings is 1. The molecule has 6 rings (SSSR count). The zero-order valence-corrected chi connectivity index (χ0v) is 21.4. The standard InChI is InChI=1S/C30H30FN3O4/c1-2-3-13-34-24(29(31)32-30(34)23-7-5-4-6-8-23)18-33(16-21-9-11-25-27(14-21)37-19-35-25)17-22-10-12-26-28(15-22)38-20-36-26/h4-12,14-15H,2-3,13,16-20H2,1H3. The summed E-state index contributed by atoms with van der Waals surface area (Å²) < 4.78 is 39.8. The number of hydrogen-bond donors (Lipinski definition) is 0. The van der Waals surface area contributed by atoms with E-state index < -0.39 is 5.95 Å². The molecule has 8 heteroatoms. The van der Waals surface area contributed by atoms with Crippen LogP contribution in [0.4, 0.5) is 4.39 Å². The first-order valence-electron chi connectivity index (χ1n) is 13.0. The molecule has 196 valence electrons. The largest absolute Gasteiger partial charge is 0.454 e. The molecule has 0 saturated heterocycles. The highest BCUT2D eigenvalue weighted by Gasteiger charge is 2.23. The number of aromatic nitrogens is 2. The third-order valence-corrected chi connectivity index (χ3v) is 6.85. The lowest BCUT2D eigenvalue weighted by Crippen LogP contribution is -2.25. The summed E-state index contributed by atoms with van der Waals surface area (Å²) in [4.78, 5) is 6.61. The molecule has 0 fully saturated rings. The fourth-order valence-electron chi connectivity index (χ4n) is 4.95. The summed E-state index contributed by atoms with van der Waals surface area (Å²) in [6.07, 6.45) is 1.94. The molecular weight excluding hydrogens is 485 g/mol. The molecule has 2 aliphatic heterocycles. The predicted molar refractivity (Wildman–Crippen MR) is 141 cm³/mol. The monoisotopic (exact) mass is 515 g/mol. The molecule has 7 nitrogen and oxygen atoms in total. The summed E-state index contributed by atoms with van der Waals surface area (Å²) in [5.41, 5.74) is 3.60. The molecule has 0 aliphatic carbocycles. The summed E-state index contributed by atoms with van der Waals surface area (Å²) in [5, 5.41) is 0. The van der Waals surface area contributed by atoms with Crippen LogP contribution in [0, 0.1) is 5.95 Å². The Labute approximate surface area is 221 Å². The van der Waals surface area contributed by atoms with E-state index in [0.29, 0.717) is 37.7 Å². The molecule has 0 N–H and O–H groups in total. The van der Waals surface area contributed by atoms with Gasteiger partial charge >= 0.3 is 0 Å². The van der Waals surface area contributed by atoms with Gasteiger partial charge < -0.3 is 23.5 Å². The van der Waals surface area contributed by atoms with Crippen LogP contribution >= 0.6 is 0 Å². The van der Waals surface area contributed by atoms with Crippen molar-refractivity contribution in [3.8, 4) is 34.4 Å². The maximum absolute atomic E-state index is 15.5. The maximum Gasteiger partial charge on any atom is 0.235 e. The van der Waals surface area contributed by atoms with Crippen LogP contribution in [0.3, 0.4) is 0 Å². The lowest BCUT2D eigenvalue weighted by atomic mass is 10.1. The second-order valence-corrected chi connectivity index (χ2v) is 9.56. The number of ether oxygens (including phenoxy) is 4. The zero-order chi connectivity index (χ0) is 25.9. The van der Waals surface area contributed by atoms with E-state index in [1.54, 1.807) is 0 Å². The van der Waals surface area contributed by atoms with Crippen LogP contribution in [0.5, 0.6) is 23.0 Å². The minimum atomic E-state index is -0.429. The topological polar surface area (TPSA) is 58.0 Å². The van der Waals surface area contributed by atoms with E-state index in [2.05, 4.69) is 16.8 Å². The van der Waals surface area contributed by atoms with E-state index in [9.17, 15) is 0 Å². The molecule has 0 radical (unpaired) electrons. The SMILES string of the molecule is CCCCn1c(-c2ccccc2)nc(F)c1CN(Cc1ccc2c(c1)OCO2)Cc1ccc2c(c1)OCO2. The number of halogens is 1. The van der Waals surface area contributed by atoms with Crippen LogP contribution in [-0.4, -0.2) is 28.0 Å². The smallest absolute Gasteiger partial charge is 0.235 e. The first-order valence-corrected chi connectivity index (χ1v) is 13.0. The molecule has 0 amide bonds. The number of nitrogens with zero attached hydrogens (tertiary/aromatic N) is 3. The minimum Gasteiger partial charge on any atom is -0.454 e. The van der Waals surface area contributed by atoms with Gasteiger partial charge in [-0.1, -0.05) is 55.8 Å². The van der Waals surface area contributed by atoms with E-state index in [1.165, 1.54) is 0 Å². The van der Waals surface area contributed by atoms with Gasteiger partial charge in [-0.3, -0.25) is 4.90 Å². The summed E-state index contributed by atoms with van der Waals surface area (Å²) in [5.74, 6) is 3.19. The van der Waals surface area contributed by atoms with Crippen molar-refractivity contribution in [3.63, 3.8) is 0 Å². The number of unbranched alkanes of at least 4 members (excludes halogenated alkanes) is 1. The van der Waals surface area contributed by atoms with Gasteiger partial charge in [0, 0.05) is 31.7 Å². The first kappa shape index (κ1) is 24.3. The molecule has 0 bridgehead atoms. The van der Waals surface area contributed by atoms with Gasteiger partial charge in [-0.2, -0.15) is 9.37 Å². The number of rotatable bonds is 10. The highest BCUT2D eigenvalue weighted by molar-refractivity contribution is 5.56. The third kappa shape index (κ3) is 5.04. The second kappa shape index (κ2) is 10.8. The van der Waals surface area contributed by atoms with Crippen LogP contribution in [-0.2, 0) is 26.2 Å². The molecule has 0 spiro atoms. The van der Waals surface area contributed by atoms with Gasteiger partial charge in [0.05, 0.1) is 5.69 Å². The van der Waals surface area contributed by atoms with Crippen molar-refractivity contribution >= 4 is 0 Å². The Morgan fingerprint density at radius 2 is 1.39 bits per heavy atom. The van der Waals surface area contributed by atoms with Gasteiger partial charge in [0.15, 0.2) is 23.0 Å². The van der Waals surface area contributed by atoms with Crippen molar-refractivity contribution in [1.29, 1.82) is 0 Å². The fourth-order valence-corrected chi connectivity index (χ4v) is 4.95. The molecule has 1 aromatic heterocycles. The summed E-state index contributed by atoms with van der Waals surface area (Å²) in [7, 11) is 0. The van der Waals surface area contributed by atoms with Crippen molar-refractivity contribution in [1.82, 2.24) is 14.5 Å². The van der Waals surface area contributed by atoms with Gasteiger partial charge in [0.1, 0.15) is 5.82 Å². The molecule has 3 heterocycles. The number of hydrogen-bond acceptors (Lipinski definition) is 6. The van der Waals surface area contributed by atoms with Crippen molar-refractivity contribution < 1.29 is 23.3 Å². The van der Waals surface area contributed by atoms with Gasteiger partial charge in [-0.05, 0) is 41.8 Å². The average Bonchev–Trinajstić information content (AvgIpc) is 3.67. The predicted octanol–water partition coefficient (Wildman–Crippen LogP) is 6.15. The number of fused-ring (bicyclic) bond motifs is 2. The van der Waals surface area contributed by atoms with Crippen molar-refractivity contribution in [2.45, 2.75) is 45.9 Å². The fraction of sp³-hybridized carbons (Fsp3) is 0.300. The normalized spacial score (nSPS) is 13.4. The van der Waals surface area contributed by atoms with E-state index >= 15 is 4.39 Å². The summed E-state index contributed by atoms with van der Waals surface area (Å²) >= 11 is 0. The van der Waals surface area contributed by atoms with E-state index in [0.717, 1.165) is 52.5 Å². The van der Waals surface area contributed by atoms with Gasteiger partial charge in [0.25, 0.3) is 0 Å². The minimum absolute atomic E-state index is 0.226. The summed E-state index contributed by atoms with van der Waals surface area (Å²) in [6, 6.07) is 21.7. The van der Waals surface area contributed by atoms with Gasteiger partial charge in [-0.25, -0.2) is 0 Å². The molecule has 3 aromatic carbocycles. The molecule has 0 atom stereocenters. The van der Waals surface area contributed by atoms with E-state index in [1.807, 2.05) is 71.3 Å². The highest BCUT2D eigenvalue weighted by atomic mass is 19.1. The van der Waals surface area contributed by atoms with Crippen LogP contribution in [0.15, 0.2) is 66.7 Å². The Morgan fingerprint density at radius 3 is 2.00 bits per heavy atom. The van der Waals surface area contributed by atoms with Crippen LogP contribution < -0.4 is 18.9 Å². The Hall–Kier alpha value is -4.04. The Kier molecular flexibility index (Phi) is 6.88. The highest BCUT2D eigenvalue weighted by Crippen LogP contribution is 2.35. The van der Waals surface area contributed by atoms with Crippen molar-refractivity contribution in [2.24, 2.45) is 0 Å². The first-order chi connectivity index (χ1) is 18.7. The Bertz CT molecular complexity index is 1360. The van der Waals surface area contributed by atoms with Crippen molar-refractivity contribution in [3.05, 3.63) is 89.5 Å². The zero-order valence-electron chi connectivity index (χ0n) is 21.4. The number of benzene rings is 3. The summed E-state index contributed by atoms with van der Waals surface area (Å²) in [6.45, 7) is 4.86. The molecule has 2 aliphatic rings. The lowest BCUT2D eigenvalue weighted by Gasteiger charge is -2.24. The maximum atomic E-state index is 15.5. The Balaban J connectivity index is 1.34. The second-order valence-electron chi connectivity index (χ2n) is 9.56. The van der Waals surface area contributed by atoms with Gasteiger partial charge in [-0.15, -0.1) is 0 Å². The molecule has 4 aromatic rings. The quantitative estimate of drug-likeness (QED) is 0.253. The van der Waals surface area contributed by atoms with Gasteiger partial charge in [0.2, 0.25) is 19.5 Å². The van der Waals surface area contributed by atoms with Crippen LogP contribution in [0.2, 0.25) is 0 Å². The third-order valence-electron chi connectivity index (χ3n) is 6.85. The molecule has 0 saturated carbocycles. The van der Waals surface area contributed by atoms with Crippen molar-refractivity contribution in [2.75, 3.05) is 13.6 Å². The lowest BCUT2D eigenvalue weighted by molar-refractivity contribution is 0.173. The van der Waals surface area contributed by atoms with Crippen LogP contribution in [0.1, 0.15) is 36.6 Å². The molecule has 0 unspecified atom stereocenters.